The van der Waals surface area contributed by atoms with Gasteiger partial charge in [-0.2, -0.15) is 0 Å². The first kappa shape index (κ1) is 27.7. The van der Waals surface area contributed by atoms with Gasteiger partial charge in [0.25, 0.3) is 0 Å². The number of pyridine rings is 2. The highest BCUT2D eigenvalue weighted by atomic mass is 32.2. The fraction of sp³-hybridized carbons (Fsp3) is 0.462. The van der Waals surface area contributed by atoms with Crippen LogP contribution in [0.3, 0.4) is 0 Å². The summed E-state index contributed by atoms with van der Waals surface area (Å²) in [4.78, 5) is 10.9. The Bertz CT molecular complexity index is 1730. The molecule has 0 spiro atoms. The molecule has 2 aromatic heterocycles. The monoisotopic (exact) mass is 598 g/mol. The van der Waals surface area contributed by atoms with E-state index in [1.54, 1.807) is 6.92 Å². The van der Waals surface area contributed by atoms with Crippen LogP contribution in [0.5, 0.6) is 11.6 Å². The number of nitrogen functional groups attached to an aromatic ring is 1. The van der Waals surface area contributed by atoms with Crippen molar-refractivity contribution in [2.24, 2.45) is 0 Å². The van der Waals surface area contributed by atoms with Crippen LogP contribution in [-0.2, 0) is 9.73 Å². The molecular formula is C26H27F5N6O3S. The van der Waals surface area contributed by atoms with E-state index in [0.29, 0.717) is 12.6 Å². The maximum absolute atomic E-state index is 16.6. The number of aryl methyl sites for hydroxylation is 1. The molecule has 1 aromatic carbocycles. The molecule has 220 valence electrons. The van der Waals surface area contributed by atoms with E-state index in [4.69, 9.17) is 15.3 Å². The Morgan fingerprint density at radius 2 is 1.98 bits per heavy atom. The van der Waals surface area contributed by atoms with Gasteiger partial charge in [-0.1, -0.05) is 0 Å². The van der Waals surface area contributed by atoms with Gasteiger partial charge in [0.05, 0.1) is 26.7 Å². The lowest BCUT2D eigenvalue weighted by Crippen LogP contribution is -2.66. The Hall–Kier alpha value is -3.46. The van der Waals surface area contributed by atoms with Crippen molar-refractivity contribution < 1.29 is 35.6 Å². The van der Waals surface area contributed by atoms with E-state index >= 15 is 4.39 Å². The van der Waals surface area contributed by atoms with Crippen LogP contribution in [-0.4, -0.2) is 57.1 Å². The number of ether oxygens (including phenoxy) is 2. The number of hydrogen-bond donors (Lipinski definition) is 3. The number of nitrogens with one attached hydrogen (secondary N) is 2. The molecule has 6 rings (SSSR count). The highest BCUT2D eigenvalue weighted by Crippen LogP contribution is 2.48. The number of nitrogens with zero attached hydrogens (tertiary/aromatic N) is 3. The highest BCUT2D eigenvalue weighted by Gasteiger charge is 2.51. The van der Waals surface area contributed by atoms with Crippen molar-refractivity contribution in [3.05, 3.63) is 29.3 Å². The minimum atomic E-state index is -5.31. The van der Waals surface area contributed by atoms with Gasteiger partial charge >= 0.3 is 6.36 Å². The number of aromatic nitrogens is 2. The van der Waals surface area contributed by atoms with E-state index in [0.717, 1.165) is 25.2 Å². The van der Waals surface area contributed by atoms with E-state index in [1.165, 1.54) is 6.92 Å². The normalized spacial score (nSPS) is 26.8. The predicted molar refractivity (Wildman–Crippen MR) is 142 cm³/mol. The summed E-state index contributed by atoms with van der Waals surface area (Å²) in [7, 11) is -3.51. The third kappa shape index (κ3) is 4.40. The molecule has 2 saturated heterocycles. The Balaban J connectivity index is 1.72. The van der Waals surface area contributed by atoms with Gasteiger partial charge in [-0.05, 0) is 45.2 Å². The Morgan fingerprint density at radius 3 is 2.63 bits per heavy atom. The number of rotatable bonds is 3. The molecule has 15 heteroatoms. The van der Waals surface area contributed by atoms with Gasteiger partial charge in [0.15, 0.2) is 17.4 Å². The molecular weight excluding hydrogens is 571 g/mol. The van der Waals surface area contributed by atoms with E-state index in [9.17, 15) is 21.8 Å². The van der Waals surface area contributed by atoms with Crippen LogP contribution in [0.25, 0.3) is 22.0 Å². The summed E-state index contributed by atoms with van der Waals surface area (Å²) < 4.78 is 103. The van der Waals surface area contributed by atoms with Crippen LogP contribution >= 0.6 is 0 Å². The second-order valence-electron chi connectivity index (χ2n) is 11.3. The van der Waals surface area contributed by atoms with E-state index in [1.807, 2.05) is 4.90 Å². The Morgan fingerprint density at radius 1 is 1.27 bits per heavy atom. The van der Waals surface area contributed by atoms with Gasteiger partial charge in [-0.25, -0.2) is 27.7 Å². The smallest absolute Gasteiger partial charge is 0.472 e. The van der Waals surface area contributed by atoms with Gasteiger partial charge in [-0.15, -0.1) is 13.2 Å². The van der Waals surface area contributed by atoms with E-state index in [2.05, 4.69) is 26.9 Å². The highest BCUT2D eigenvalue weighted by molar-refractivity contribution is 7.91. The first-order valence-electron chi connectivity index (χ1n) is 12.8. The molecule has 4 N–H and O–H groups in total. The maximum atomic E-state index is 16.6. The van der Waals surface area contributed by atoms with Crippen molar-refractivity contribution in [2.45, 2.75) is 68.7 Å². The SMILES string of the molecule is Cc1c(S(C)(=N)=O)nc2c3c(nc(-c4cc(N)cc(F)c4OC(F)(F)F)c(F)c13)O[C@@H](C)[C@@H]1[C@@H]3CC[C@](C)(CN21)N3. The Labute approximate surface area is 232 Å². The van der Waals surface area contributed by atoms with Crippen molar-refractivity contribution in [2.75, 3.05) is 23.4 Å². The van der Waals surface area contributed by atoms with Gasteiger partial charge in [0.1, 0.15) is 22.6 Å². The molecule has 3 aliphatic rings. The van der Waals surface area contributed by atoms with Gasteiger partial charge in [-0.3, -0.25) is 0 Å². The molecule has 3 aliphatic heterocycles. The van der Waals surface area contributed by atoms with E-state index in [-0.39, 0.29) is 56.4 Å². The molecule has 2 fully saturated rings. The molecule has 0 saturated carbocycles. The summed E-state index contributed by atoms with van der Waals surface area (Å²) in [6.45, 7) is 5.71. The van der Waals surface area contributed by atoms with Crippen molar-refractivity contribution in [3.63, 3.8) is 0 Å². The molecule has 5 atom stereocenters. The molecule has 9 nitrogen and oxygen atoms in total. The van der Waals surface area contributed by atoms with Crippen molar-refractivity contribution in [1.29, 1.82) is 4.78 Å². The van der Waals surface area contributed by atoms with Crippen LogP contribution < -0.4 is 25.4 Å². The zero-order chi connectivity index (χ0) is 29.8. The molecule has 0 radical (unpaired) electrons. The summed E-state index contributed by atoms with van der Waals surface area (Å²) in [5.41, 5.74) is 3.77. The molecule has 0 aliphatic carbocycles. The summed E-state index contributed by atoms with van der Waals surface area (Å²) in [5.74, 6) is -3.86. The summed E-state index contributed by atoms with van der Waals surface area (Å²) in [6, 6.07) is 1.19. The largest absolute Gasteiger partial charge is 0.573 e. The molecule has 5 heterocycles. The number of fused-ring (bicyclic) bond motifs is 5. The van der Waals surface area contributed by atoms with Gasteiger partial charge < -0.3 is 25.4 Å². The zero-order valence-electron chi connectivity index (χ0n) is 22.4. The third-order valence-electron chi connectivity index (χ3n) is 8.02. The first-order chi connectivity index (χ1) is 19.0. The van der Waals surface area contributed by atoms with Gasteiger partial charge in [0.2, 0.25) is 5.88 Å². The Kier molecular flexibility index (Phi) is 5.93. The summed E-state index contributed by atoms with van der Waals surface area (Å²) >= 11 is 0. The second kappa shape index (κ2) is 8.77. The fourth-order valence-electron chi connectivity index (χ4n) is 6.49. The minimum absolute atomic E-state index is 0.0235. The van der Waals surface area contributed by atoms with Crippen LogP contribution in [0.2, 0.25) is 0 Å². The average molecular weight is 599 g/mol. The van der Waals surface area contributed by atoms with Crippen molar-refractivity contribution in [3.8, 4) is 22.9 Å². The predicted octanol–water partition coefficient (Wildman–Crippen LogP) is 4.88. The van der Waals surface area contributed by atoms with Crippen molar-refractivity contribution >= 4 is 32.0 Å². The molecule has 0 amide bonds. The summed E-state index contributed by atoms with van der Waals surface area (Å²) in [5, 5.41) is 3.36. The lowest BCUT2D eigenvalue weighted by Gasteiger charge is -2.46. The molecule has 41 heavy (non-hydrogen) atoms. The standard InChI is InChI=1S/C26H27F5N6O3S/c1-10-16-17-22(35-24(10)41(4,33)38)37-9-25(3)6-5-15(36-25)20(37)11(2)39-23(17)34-19(18(16)28)13-7-12(32)8-14(27)21(13)40-26(29,30)31/h7-8,11,15,20,33,36H,5-6,9,32H2,1-4H3/t11-,15-,20+,25+,41?/m0/s1. The molecule has 3 aromatic rings. The molecule has 2 bridgehead atoms. The van der Waals surface area contributed by atoms with Crippen LogP contribution in [0, 0.1) is 23.3 Å². The van der Waals surface area contributed by atoms with Crippen LogP contribution in [0.15, 0.2) is 17.2 Å². The number of nitrogens with two attached hydrogens (primary N) is 1. The van der Waals surface area contributed by atoms with Crippen LogP contribution in [0.1, 0.15) is 32.3 Å². The van der Waals surface area contributed by atoms with Crippen molar-refractivity contribution in [1.82, 2.24) is 15.3 Å². The minimum Gasteiger partial charge on any atom is -0.472 e. The van der Waals surface area contributed by atoms with Gasteiger partial charge in [0, 0.05) is 41.5 Å². The first-order valence-corrected chi connectivity index (χ1v) is 14.8. The number of anilines is 2. The number of halogens is 5. The van der Waals surface area contributed by atoms with E-state index < -0.39 is 50.8 Å². The number of piperazine rings is 1. The average Bonchev–Trinajstić information content (AvgIpc) is 3.08. The topological polar surface area (TPSA) is 126 Å². The second-order valence-corrected chi connectivity index (χ2v) is 13.3. The number of benzene rings is 1. The third-order valence-corrected chi connectivity index (χ3v) is 9.16. The maximum Gasteiger partial charge on any atom is 0.573 e. The zero-order valence-corrected chi connectivity index (χ0v) is 23.3. The van der Waals surface area contributed by atoms with Crippen LogP contribution in [0.4, 0.5) is 33.5 Å². The fourth-order valence-corrected chi connectivity index (χ4v) is 7.44. The molecule has 1 unspecified atom stereocenters. The number of alkyl halides is 3. The number of hydrogen-bond acceptors (Lipinski definition) is 9. The summed E-state index contributed by atoms with van der Waals surface area (Å²) in [6.07, 6.45) is -3.03. The lowest BCUT2D eigenvalue weighted by atomic mass is 9.96. The lowest BCUT2D eigenvalue weighted by molar-refractivity contribution is -0.275. The quantitative estimate of drug-likeness (QED) is 0.288.